The van der Waals surface area contributed by atoms with Gasteiger partial charge in [-0.25, -0.2) is 0 Å². The first-order valence-electron chi connectivity index (χ1n) is 8.98. The predicted octanol–water partition coefficient (Wildman–Crippen LogP) is 6.28. The molecule has 0 aliphatic heterocycles. The van der Waals surface area contributed by atoms with E-state index >= 15 is 0 Å². The minimum atomic E-state index is 0.406. The van der Waals surface area contributed by atoms with E-state index < -0.39 is 0 Å². The van der Waals surface area contributed by atoms with Crippen LogP contribution in [0.15, 0.2) is 60.7 Å². The second-order valence-corrected chi connectivity index (χ2v) is 7.58. The van der Waals surface area contributed by atoms with E-state index in [1.54, 1.807) is 0 Å². The number of fused-ring (bicyclic) bond motifs is 2. The number of phenols is 1. The third-order valence-corrected chi connectivity index (χ3v) is 5.59. The molecule has 26 heavy (non-hydrogen) atoms. The van der Waals surface area contributed by atoms with E-state index in [0.29, 0.717) is 5.75 Å². The minimum Gasteiger partial charge on any atom is -0.507 e. The van der Waals surface area contributed by atoms with E-state index in [1.807, 2.05) is 13.8 Å². The van der Waals surface area contributed by atoms with Crippen LogP contribution in [0.1, 0.15) is 27.8 Å². The summed E-state index contributed by atoms with van der Waals surface area (Å²) in [5.41, 5.74) is 5.76. The van der Waals surface area contributed by atoms with Crippen molar-refractivity contribution in [2.75, 3.05) is 0 Å². The van der Waals surface area contributed by atoms with Crippen LogP contribution in [0.25, 0.3) is 21.5 Å². The van der Waals surface area contributed by atoms with Gasteiger partial charge in [0.2, 0.25) is 0 Å². The van der Waals surface area contributed by atoms with Crippen molar-refractivity contribution in [1.82, 2.24) is 0 Å². The predicted molar refractivity (Wildman–Crippen MR) is 115 cm³/mol. The number of benzene rings is 4. The molecule has 4 rings (SSSR count). The largest absolute Gasteiger partial charge is 0.507 e. The summed E-state index contributed by atoms with van der Waals surface area (Å²) in [6, 6.07) is 22.1. The molecule has 4 aromatic rings. The number of aromatic hydroxyl groups is 1. The van der Waals surface area contributed by atoms with Gasteiger partial charge in [0.05, 0.1) is 0 Å². The molecule has 0 spiro atoms. The maximum atomic E-state index is 9.97. The normalized spacial score (nSPS) is 11.3. The van der Waals surface area contributed by atoms with Gasteiger partial charge in [0, 0.05) is 0 Å². The molecule has 1 nitrogen and oxygen atoms in total. The Kier molecular flexibility index (Phi) is 4.42. The SMILES string of the molecule is Cc1cc(Cc2ccc3cc4cc(CP)ccc4cc3c2)cc(C)c1O. The Labute approximate surface area is 156 Å². The lowest BCUT2D eigenvalue weighted by atomic mass is 9.96. The topological polar surface area (TPSA) is 20.2 Å². The molecule has 2 heteroatoms. The van der Waals surface area contributed by atoms with Crippen molar-refractivity contribution < 1.29 is 5.11 Å². The van der Waals surface area contributed by atoms with Crippen LogP contribution < -0.4 is 0 Å². The van der Waals surface area contributed by atoms with Gasteiger partial charge < -0.3 is 5.11 Å². The molecule has 0 amide bonds. The summed E-state index contributed by atoms with van der Waals surface area (Å²) in [6.45, 7) is 3.92. The van der Waals surface area contributed by atoms with Gasteiger partial charge in [-0.2, -0.15) is 0 Å². The smallest absolute Gasteiger partial charge is 0.121 e. The van der Waals surface area contributed by atoms with Crippen LogP contribution in [0.5, 0.6) is 5.75 Å². The Hall–Kier alpha value is -2.37. The van der Waals surface area contributed by atoms with Crippen molar-refractivity contribution >= 4 is 30.8 Å². The third-order valence-electron chi connectivity index (χ3n) is 5.12. The third kappa shape index (κ3) is 3.20. The number of phenolic OH excluding ortho intramolecular Hbond substituents is 1. The highest BCUT2D eigenvalue weighted by Gasteiger charge is 2.06. The van der Waals surface area contributed by atoms with Crippen molar-refractivity contribution in [3.05, 3.63) is 88.5 Å². The highest BCUT2D eigenvalue weighted by atomic mass is 31.0. The number of aryl methyl sites for hydroxylation is 2. The van der Waals surface area contributed by atoms with E-state index in [1.165, 1.54) is 38.2 Å². The van der Waals surface area contributed by atoms with Gasteiger partial charge in [0.15, 0.2) is 0 Å². The fourth-order valence-corrected chi connectivity index (χ4v) is 3.97. The molecule has 130 valence electrons. The quantitative estimate of drug-likeness (QED) is 0.337. The average molecular weight is 358 g/mol. The molecule has 0 saturated carbocycles. The molecule has 0 bridgehead atoms. The van der Waals surface area contributed by atoms with Gasteiger partial charge in [-0.15, -0.1) is 9.24 Å². The maximum Gasteiger partial charge on any atom is 0.121 e. The van der Waals surface area contributed by atoms with Crippen molar-refractivity contribution in [3.63, 3.8) is 0 Å². The van der Waals surface area contributed by atoms with Gasteiger partial charge in [-0.05, 0) is 87.9 Å². The summed E-state index contributed by atoms with van der Waals surface area (Å²) in [4.78, 5) is 0. The van der Waals surface area contributed by atoms with Crippen LogP contribution >= 0.6 is 9.24 Å². The average Bonchev–Trinajstić information content (AvgIpc) is 2.64. The molecule has 0 radical (unpaired) electrons. The second kappa shape index (κ2) is 6.74. The van der Waals surface area contributed by atoms with E-state index in [0.717, 1.165) is 23.7 Å². The lowest BCUT2D eigenvalue weighted by Gasteiger charge is -2.10. The molecule has 0 fully saturated rings. The number of rotatable bonds is 3. The molecule has 0 heterocycles. The highest BCUT2D eigenvalue weighted by molar-refractivity contribution is 7.15. The van der Waals surface area contributed by atoms with Crippen LogP contribution in [0.2, 0.25) is 0 Å². The lowest BCUT2D eigenvalue weighted by Crippen LogP contribution is -1.92. The van der Waals surface area contributed by atoms with Crippen molar-refractivity contribution in [2.24, 2.45) is 0 Å². The van der Waals surface area contributed by atoms with Gasteiger partial charge in [-0.1, -0.05) is 48.5 Å². The molecule has 0 saturated heterocycles. The molecule has 0 aliphatic carbocycles. The minimum absolute atomic E-state index is 0.406. The monoisotopic (exact) mass is 358 g/mol. The summed E-state index contributed by atoms with van der Waals surface area (Å²) >= 11 is 0. The molecule has 4 aromatic carbocycles. The lowest BCUT2D eigenvalue weighted by molar-refractivity contribution is 0.466. The Morgan fingerprint density at radius 1 is 0.654 bits per heavy atom. The van der Waals surface area contributed by atoms with Crippen molar-refractivity contribution in [3.8, 4) is 5.75 Å². The maximum absolute atomic E-state index is 9.97. The van der Waals surface area contributed by atoms with Crippen molar-refractivity contribution in [2.45, 2.75) is 26.4 Å². The van der Waals surface area contributed by atoms with E-state index in [2.05, 4.69) is 69.9 Å². The molecule has 0 aliphatic rings. The fraction of sp³-hybridized carbons (Fsp3) is 0.167. The van der Waals surface area contributed by atoms with Gasteiger partial charge in [-0.3, -0.25) is 0 Å². The summed E-state index contributed by atoms with van der Waals surface area (Å²) < 4.78 is 0. The van der Waals surface area contributed by atoms with Crippen LogP contribution in [-0.4, -0.2) is 5.11 Å². The zero-order chi connectivity index (χ0) is 18.3. The Morgan fingerprint density at radius 2 is 1.19 bits per heavy atom. The first-order chi connectivity index (χ1) is 12.5. The number of hydrogen-bond acceptors (Lipinski definition) is 1. The molecule has 0 aromatic heterocycles. The summed E-state index contributed by atoms with van der Waals surface area (Å²) in [5, 5.41) is 15.1. The van der Waals surface area contributed by atoms with Crippen LogP contribution in [0, 0.1) is 13.8 Å². The molecule has 1 atom stereocenters. The molecule has 1 unspecified atom stereocenters. The van der Waals surface area contributed by atoms with E-state index in [4.69, 9.17) is 0 Å². The van der Waals surface area contributed by atoms with Gasteiger partial charge in [0.1, 0.15) is 5.75 Å². The summed E-state index contributed by atoms with van der Waals surface area (Å²) in [6.07, 6.45) is 1.86. The highest BCUT2D eigenvalue weighted by Crippen LogP contribution is 2.28. The van der Waals surface area contributed by atoms with Crippen molar-refractivity contribution in [1.29, 1.82) is 0 Å². The second-order valence-electron chi connectivity index (χ2n) is 7.17. The zero-order valence-electron chi connectivity index (χ0n) is 15.2. The van der Waals surface area contributed by atoms with Crippen LogP contribution in [0.3, 0.4) is 0 Å². The Morgan fingerprint density at radius 3 is 1.77 bits per heavy atom. The molecular formula is C24H23OP. The summed E-state index contributed by atoms with van der Waals surface area (Å²) in [7, 11) is 2.79. The molecular weight excluding hydrogens is 335 g/mol. The van der Waals surface area contributed by atoms with E-state index in [-0.39, 0.29) is 0 Å². The number of hydrogen-bond donors (Lipinski definition) is 1. The first-order valence-corrected chi connectivity index (χ1v) is 9.79. The van der Waals surface area contributed by atoms with Crippen LogP contribution in [-0.2, 0) is 12.6 Å². The Bertz CT molecular complexity index is 1100. The Balaban J connectivity index is 1.74. The van der Waals surface area contributed by atoms with Crippen LogP contribution in [0.4, 0.5) is 0 Å². The van der Waals surface area contributed by atoms with Gasteiger partial charge >= 0.3 is 0 Å². The van der Waals surface area contributed by atoms with E-state index in [9.17, 15) is 5.11 Å². The summed E-state index contributed by atoms with van der Waals surface area (Å²) in [5.74, 6) is 0.406. The fourth-order valence-electron chi connectivity index (χ4n) is 3.72. The standard InChI is InChI=1S/C24H23OP/c1-15-7-19(8-16(2)24(15)25)9-17-3-5-20-13-23-11-18(14-26)4-6-21(23)12-22(20)10-17/h3-8,10-13,25H,9,14,26H2,1-2H3. The molecule has 1 N–H and O–H groups in total. The van der Waals surface area contributed by atoms with Gasteiger partial charge in [0.25, 0.3) is 0 Å². The zero-order valence-corrected chi connectivity index (χ0v) is 16.4. The first kappa shape index (κ1) is 17.1.